The van der Waals surface area contributed by atoms with Crippen LogP contribution in [0.3, 0.4) is 0 Å². The van der Waals surface area contributed by atoms with Crippen LogP contribution in [-0.4, -0.2) is 39.8 Å². The van der Waals surface area contributed by atoms with Crippen molar-refractivity contribution in [3.63, 3.8) is 0 Å². The molecule has 0 amide bonds. The molecular weight excluding hydrogens is 342 g/mol. The number of sulfonamides is 1. The van der Waals surface area contributed by atoms with Gasteiger partial charge in [-0.05, 0) is 42.2 Å². The number of carbonyl (C=O) groups is 1. The van der Waals surface area contributed by atoms with Crippen molar-refractivity contribution >= 4 is 21.7 Å². The first-order chi connectivity index (χ1) is 11.9. The summed E-state index contributed by atoms with van der Waals surface area (Å²) in [5.41, 5.74) is 2.00. The fraction of sp³-hybridized carbons (Fsp3) is 0.278. The molecule has 3 rings (SSSR count). The lowest BCUT2D eigenvalue weighted by Crippen LogP contribution is -2.30. The second-order valence-electron chi connectivity index (χ2n) is 5.83. The Morgan fingerprint density at radius 1 is 1.20 bits per heavy atom. The Bertz CT molecular complexity index is 890. The van der Waals surface area contributed by atoms with E-state index in [2.05, 4.69) is 0 Å². The highest BCUT2D eigenvalue weighted by Crippen LogP contribution is 2.36. The van der Waals surface area contributed by atoms with E-state index in [0.717, 1.165) is 11.1 Å². The van der Waals surface area contributed by atoms with Crippen molar-refractivity contribution < 1.29 is 23.1 Å². The predicted molar refractivity (Wildman–Crippen MR) is 93.7 cm³/mol. The van der Waals surface area contributed by atoms with Gasteiger partial charge in [0.15, 0.2) is 0 Å². The molecule has 2 aromatic carbocycles. The molecule has 0 aliphatic carbocycles. The first kappa shape index (κ1) is 17.4. The SMILES string of the molecule is COCCc1ccc(S(=O)(=O)N2CCc3cccc(C(=O)O)c32)cc1. The topological polar surface area (TPSA) is 83.9 Å². The number of anilines is 1. The number of nitrogens with zero attached hydrogens (tertiary/aromatic N) is 1. The van der Waals surface area contributed by atoms with Gasteiger partial charge < -0.3 is 9.84 Å². The summed E-state index contributed by atoms with van der Waals surface area (Å²) in [5.74, 6) is -1.13. The van der Waals surface area contributed by atoms with E-state index in [9.17, 15) is 18.3 Å². The molecule has 0 saturated heterocycles. The van der Waals surface area contributed by atoms with E-state index in [1.807, 2.05) is 0 Å². The minimum Gasteiger partial charge on any atom is -0.478 e. The number of carboxylic acid groups (broad SMARTS) is 1. The van der Waals surface area contributed by atoms with Gasteiger partial charge in [-0.3, -0.25) is 4.31 Å². The molecule has 132 valence electrons. The molecule has 0 radical (unpaired) electrons. The summed E-state index contributed by atoms with van der Waals surface area (Å²) in [5, 5.41) is 9.39. The number of fused-ring (bicyclic) bond motifs is 1. The third kappa shape index (κ3) is 3.25. The van der Waals surface area contributed by atoms with Gasteiger partial charge in [0.2, 0.25) is 0 Å². The van der Waals surface area contributed by atoms with Crippen LogP contribution in [-0.2, 0) is 27.6 Å². The third-order valence-electron chi connectivity index (χ3n) is 4.29. The van der Waals surface area contributed by atoms with Gasteiger partial charge in [-0.2, -0.15) is 0 Å². The van der Waals surface area contributed by atoms with Crippen LogP contribution in [0.4, 0.5) is 5.69 Å². The number of aromatic carboxylic acids is 1. The molecule has 0 saturated carbocycles. The first-order valence-electron chi connectivity index (χ1n) is 7.91. The minimum atomic E-state index is -3.81. The molecule has 0 spiro atoms. The molecule has 7 heteroatoms. The maximum absolute atomic E-state index is 13.0. The fourth-order valence-electron chi connectivity index (χ4n) is 3.01. The third-order valence-corrected chi connectivity index (χ3v) is 6.10. The number of methoxy groups -OCH3 is 1. The first-order valence-corrected chi connectivity index (χ1v) is 9.35. The quantitative estimate of drug-likeness (QED) is 0.854. The number of hydrogen-bond donors (Lipinski definition) is 1. The molecule has 1 aliphatic heterocycles. The van der Waals surface area contributed by atoms with E-state index >= 15 is 0 Å². The average Bonchev–Trinajstić information content (AvgIpc) is 3.05. The molecule has 1 aliphatic rings. The monoisotopic (exact) mass is 361 g/mol. The Labute approximate surface area is 146 Å². The Morgan fingerprint density at radius 3 is 2.56 bits per heavy atom. The van der Waals surface area contributed by atoms with Gasteiger partial charge in [-0.25, -0.2) is 13.2 Å². The van der Waals surface area contributed by atoms with E-state index in [4.69, 9.17) is 4.74 Å². The molecule has 0 aromatic heterocycles. The second-order valence-corrected chi connectivity index (χ2v) is 7.69. The molecule has 0 unspecified atom stereocenters. The number of para-hydroxylation sites is 1. The van der Waals surface area contributed by atoms with Gasteiger partial charge in [0, 0.05) is 13.7 Å². The number of carboxylic acids is 1. The lowest BCUT2D eigenvalue weighted by atomic mass is 10.1. The summed E-state index contributed by atoms with van der Waals surface area (Å²) in [4.78, 5) is 11.6. The van der Waals surface area contributed by atoms with Gasteiger partial charge in [0.25, 0.3) is 10.0 Å². The van der Waals surface area contributed by atoms with Gasteiger partial charge in [-0.15, -0.1) is 0 Å². The van der Waals surface area contributed by atoms with Crippen LogP contribution >= 0.6 is 0 Å². The van der Waals surface area contributed by atoms with Crippen LogP contribution in [0.15, 0.2) is 47.4 Å². The van der Waals surface area contributed by atoms with Crippen molar-refractivity contribution in [3.05, 3.63) is 59.2 Å². The van der Waals surface area contributed by atoms with Crippen LogP contribution < -0.4 is 4.31 Å². The average molecular weight is 361 g/mol. The van der Waals surface area contributed by atoms with Crippen molar-refractivity contribution in [2.45, 2.75) is 17.7 Å². The number of rotatable bonds is 6. The number of benzene rings is 2. The van der Waals surface area contributed by atoms with Crippen molar-refractivity contribution in [1.82, 2.24) is 0 Å². The normalized spacial score (nSPS) is 13.7. The van der Waals surface area contributed by atoms with Gasteiger partial charge in [-0.1, -0.05) is 24.3 Å². The molecule has 0 fully saturated rings. The van der Waals surface area contributed by atoms with Crippen LogP contribution in [0.25, 0.3) is 0 Å². The van der Waals surface area contributed by atoms with Gasteiger partial charge in [0.1, 0.15) is 0 Å². The van der Waals surface area contributed by atoms with E-state index in [1.165, 1.54) is 10.4 Å². The van der Waals surface area contributed by atoms with Gasteiger partial charge in [0.05, 0.1) is 22.8 Å². The Kier molecular flexibility index (Phi) is 4.78. The van der Waals surface area contributed by atoms with Crippen molar-refractivity contribution in [3.8, 4) is 0 Å². The molecular formula is C18H19NO5S. The van der Waals surface area contributed by atoms with Crippen LogP contribution in [0.5, 0.6) is 0 Å². The van der Waals surface area contributed by atoms with E-state index in [-0.39, 0.29) is 22.7 Å². The molecule has 1 N–H and O–H groups in total. The maximum atomic E-state index is 13.0. The van der Waals surface area contributed by atoms with Gasteiger partial charge >= 0.3 is 5.97 Å². The Balaban J connectivity index is 1.97. The zero-order valence-electron chi connectivity index (χ0n) is 13.8. The smallest absolute Gasteiger partial charge is 0.337 e. The fourth-order valence-corrected chi connectivity index (χ4v) is 4.53. The zero-order chi connectivity index (χ0) is 18.0. The predicted octanol–water partition coefficient (Wildman–Crippen LogP) is 2.33. The summed E-state index contributed by atoms with van der Waals surface area (Å²) in [6, 6.07) is 11.5. The lowest BCUT2D eigenvalue weighted by Gasteiger charge is -2.21. The summed E-state index contributed by atoms with van der Waals surface area (Å²) in [6.45, 7) is 0.807. The Hall–Kier alpha value is -2.38. The summed E-state index contributed by atoms with van der Waals surface area (Å²) < 4.78 is 32.2. The standard InChI is InChI=1S/C18H19NO5S/c1-24-12-10-13-5-7-15(8-6-13)25(22,23)19-11-9-14-3-2-4-16(17(14)19)18(20)21/h2-8H,9-12H2,1H3,(H,20,21). The van der Waals surface area contributed by atoms with Crippen LogP contribution in [0.2, 0.25) is 0 Å². The highest BCUT2D eigenvalue weighted by molar-refractivity contribution is 7.92. The highest BCUT2D eigenvalue weighted by Gasteiger charge is 2.34. The summed E-state index contributed by atoms with van der Waals surface area (Å²) in [6.07, 6.45) is 1.20. The van der Waals surface area contributed by atoms with E-state index in [1.54, 1.807) is 43.5 Å². The summed E-state index contributed by atoms with van der Waals surface area (Å²) in [7, 11) is -2.19. The highest BCUT2D eigenvalue weighted by atomic mass is 32.2. The van der Waals surface area contributed by atoms with Crippen molar-refractivity contribution in [1.29, 1.82) is 0 Å². The lowest BCUT2D eigenvalue weighted by molar-refractivity contribution is 0.0698. The molecule has 0 bridgehead atoms. The Morgan fingerprint density at radius 2 is 1.92 bits per heavy atom. The molecule has 6 nitrogen and oxygen atoms in total. The van der Waals surface area contributed by atoms with Crippen LogP contribution in [0, 0.1) is 0 Å². The van der Waals surface area contributed by atoms with E-state index in [0.29, 0.717) is 19.4 Å². The van der Waals surface area contributed by atoms with Crippen molar-refractivity contribution in [2.24, 2.45) is 0 Å². The maximum Gasteiger partial charge on any atom is 0.337 e. The number of ether oxygens (including phenoxy) is 1. The summed E-state index contributed by atoms with van der Waals surface area (Å²) >= 11 is 0. The second kappa shape index (κ2) is 6.85. The number of hydrogen-bond acceptors (Lipinski definition) is 4. The molecule has 1 heterocycles. The van der Waals surface area contributed by atoms with E-state index < -0.39 is 16.0 Å². The van der Waals surface area contributed by atoms with Crippen molar-refractivity contribution in [2.75, 3.05) is 24.6 Å². The zero-order valence-corrected chi connectivity index (χ0v) is 14.6. The molecule has 2 aromatic rings. The minimum absolute atomic E-state index is 0.00953. The van der Waals surface area contributed by atoms with Crippen LogP contribution in [0.1, 0.15) is 21.5 Å². The largest absolute Gasteiger partial charge is 0.478 e. The molecule has 0 atom stereocenters. The molecule has 25 heavy (non-hydrogen) atoms.